The van der Waals surface area contributed by atoms with Gasteiger partial charge in [0.15, 0.2) is 5.54 Å². The van der Waals surface area contributed by atoms with Crippen molar-refractivity contribution in [1.82, 2.24) is 4.90 Å². The summed E-state index contributed by atoms with van der Waals surface area (Å²) in [6.07, 6.45) is 0. The van der Waals surface area contributed by atoms with Gasteiger partial charge in [-0.05, 0) is 11.1 Å². The molecule has 4 nitrogen and oxygen atoms in total. The van der Waals surface area contributed by atoms with E-state index in [2.05, 4.69) is 4.99 Å². The Kier molecular flexibility index (Phi) is 3.22. The van der Waals surface area contributed by atoms with Crippen molar-refractivity contribution in [2.75, 3.05) is 14.2 Å². The number of aliphatic imine (C=N–C) groups is 1. The summed E-state index contributed by atoms with van der Waals surface area (Å²) in [6, 6.07) is 19.6. The summed E-state index contributed by atoms with van der Waals surface area (Å²) in [5.41, 5.74) is 0.785. The number of amides is 1. The van der Waals surface area contributed by atoms with Crippen LogP contribution in [0, 0.1) is 0 Å². The lowest BCUT2D eigenvalue weighted by Gasteiger charge is -2.35. The quantitative estimate of drug-likeness (QED) is 0.848. The van der Waals surface area contributed by atoms with Gasteiger partial charge in [-0.1, -0.05) is 60.7 Å². The summed E-state index contributed by atoms with van der Waals surface area (Å²) in [7, 11) is 3.35. The molecule has 0 N–H and O–H groups in total. The molecular formula is C17H16N2O2. The van der Waals surface area contributed by atoms with Crippen molar-refractivity contribution in [1.29, 1.82) is 0 Å². The van der Waals surface area contributed by atoms with E-state index < -0.39 is 5.54 Å². The van der Waals surface area contributed by atoms with Crippen LogP contribution in [-0.4, -0.2) is 31.0 Å². The summed E-state index contributed by atoms with van der Waals surface area (Å²) in [6.45, 7) is 0. The molecule has 1 amide bonds. The second kappa shape index (κ2) is 5.05. The third-order valence-corrected chi connectivity index (χ3v) is 3.86. The zero-order valence-corrected chi connectivity index (χ0v) is 12.0. The van der Waals surface area contributed by atoms with E-state index in [1.54, 1.807) is 4.90 Å². The predicted octanol–water partition coefficient (Wildman–Crippen LogP) is 2.40. The summed E-state index contributed by atoms with van der Waals surface area (Å²) in [5.74, 6) is -0.237. The van der Waals surface area contributed by atoms with Gasteiger partial charge >= 0.3 is 0 Å². The van der Waals surface area contributed by atoms with E-state index in [0.29, 0.717) is 6.02 Å². The molecule has 0 bridgehead atoms. The number of hydrogen-bond acceptors (Lipinski definition) is 3. The molecule has 3 rings (SSSR count). The minimum atomic E-state index is -0.964. The Balaban J connectivity index is 2.26. The van der Waals surface area contributed by atoms with Crippen molar-refractivity contribution in [2.24, 2.45) is 4.99 Å². The molecule has 1 aliphatic heterocycles. The summed E-state index contributed by atoms with van der Waals surface area (Å²) < 4.78 is 5.25. The standard InChI is InChI=1S/C17H16N2O2/c1-19-16(21-2)18-15(20)17(19,13-9-5-3-6-10-13)14-11-7-4-8-12-14/h3-12H,1-2H3. The van der Waals surface area contributed by atoms with E-state index in [1.807, 2.05) is 67.7 Å². The highest BCUT2D eigenvalue weighted by atomic mass is 16.5. The number of benzene rings is 2. The van der Waals surface area contributed by atoms with E-state index in [1.165, 1.54) is 7.11 Å². The minimum Gasteiger partial charge on any atom is -0.468 e. The fourth-order valence-electron chi connectivity index (χ4n) is 2.87. The van der Waals surface area contributed by atoms with Crippen molar-refractivity contribution in [3.05, 3.63) is 71.8 Å². The molecule has 2 aromatic carbocycles. The number of amidine groups is 1. The molecule has 2 aromatic rings. The molecule has 0 spiro atoms. The van der Waals surface area contributed by atoms with Crippen molar-refractivity contribution < 1.29 is 9.53 Å². The Morgan fingerprint density at radius 2 is 1.43 bits per heavy atom. The van der Waals surface area contributed by atoms with E-state index in [4.69, 9.17) is 4.74 Å². The van der Waals surface area contributed by atoms with E-state index in [0.717, 1.165) is 11.1 Å². The van der Waals surface area contributed by atoms with Gasteiger partial charge in [-0.3, -0.25) is 4.79 Å². The summed E-state index contributed by atoms with van der Waals surface area (Å²) in [5, 5.41) is 0. The Hall–Kier alpha value is -2.62. The maximum atomic E-state index is 12.8. The Labute approximate surface area is 123 Å². The molecule has 0 saturated heterocycles. The number of methoxy groups -OCH3 is 1. The van der Waals surface area contributed by atoms with Gasteiger partial charge in [-0.15, -0.1) is 0 Å². The third kappa shape index (κ3) is 1.83. The first kappa shape index (κ1) is 13.4. The van der Waals surface area contributed by atoms with Crippen LogP contribution < -0.4 is 0 Å². The van der Waals surface area contributed by atoms with E-state index >= 15 is 0 Å². The van der Waals surface area contributed by atoms with Crippen molar-refractivity contribution in [2.45, 2.75) is 5.54 Å². The molecular weight excluding hydrogens is 264 g/mol. The number of rotatable bonds is 2. The first-order valence-electron chi connectivity index (χ1n) is 6.73. The van der Waals surface area contributed by atoms with Gasteiger partial charge in [0, 0.05) is 7.05 Å². The Morgan fingerprint density at radius 3 is 1.81 bits per heavy atom. The minimum absolute atomic E-state index is 0.237. The number of ether oxygens (including phenoxy) is 1. The SMILES string of the molecule is COC1=NC(=O)C(c2ccccc2)(c2ccccc2)N1C. The Bertz CT molecular complexity index is 641. The van der Waals surface area contributed by atoms with Gasteiger partial charge in [0.1, 0.15) is 0 Å². The molecule has 0 fully saturated rings. The zero-order chi connectivity index (χ0) is 14.9. The largest absolute Gasteiger partial charge is 0.468 e. The van der Waals surface area contributed by atoms with Crippen LogP contribution in [0.15, 0.2) is 65.7 Å². The molecule has 106 valence electrons. The second-order valence-electron chi connectivity index (χ2n) is 4.91. The Morgan fingerprint density at radius 1 is 0.952 bits per heavy atom. The number of carbonyl (C=O) groups excluding carboxylic acids is 1. The molecule has 4 heteroatoms. The fourth-order valence-corrected chi connectivity index (χ4v) is 2.87. The molecule has 1 aliphatic rings. The summed E-state index contributed by atoms with van der Waals surface area (Å²) in [4.78, 5) is 18.6. The topological polar surface area (TPSA) is 41.9 Å². The van der Waals surface area contributed by atoms with Gasteiger partial charge in [0.05, 0.1) is 7.11 Å². The van der Waals surface area contributed by atoms with Gasteiger partial charge < -0.3 is 9.64 Å². The molecule has 0 unspecified atom stereocenters. The summed E-state index contributed by atoms with van der Waals surface area (Å²) >= 11 is 0. The van der Waals surface area contributed by atoms with Crippen LogP contribution in [0.5, 0.6) is 0 Å². The van der Waals surface area contributed by atoms with Crippen LogP contribution in [0.4, 0.5) is 0 Å². The second-order valence-corrected chi connectivity index (χ2v) is 4.91. The number of hydrogen-bond donors (Lipinski definition) is 0. The number of carbonyl (C=O) groups is 1. The van der Waals surface area contributed by atoms with Gasteiger partial charge in [-0.2, -0.15) is 4.99 Å². The van der Waals surface area contributed by atoms with Crippen LogP contribution in [0.3, 0.4) is 0 Å². The maximum absolute atomic E-state index is 12.8. The highest BCUT2D eigenvalue weighted by Gasteiger charge is 2.52. The molecule has 0 aromatic heterocycles. The van der Waals surface area contributed by atoms with Gasteiger partial charge in [0.25, 0.3) is 11.9 Å². The molecule has 0 aliphatic carbocycles. The molecule has 0 atom stereocenters. The predicted molar refractivity (Wildman–Crippen MR) is 80.9 cm³/mol. The van der Waals surface area contributed by atoms with Crippen molar-refractivity contribution >= 4 is 11.9 Å². The van der Waals surface area contributed by atoms with Crippen LogP contribution >= 0.6 is 0 Å². The highest BCUT2D eigenvalue weighted by molar-refractivity contribution is 6.06. The third-order valence-electron chi connectivity index (χ3n) is 3.86. The van der Waals surface area contributed by atoms with E-state index in [9.17, 15) is 4.79 Å². The lowest BCUT2D eigenvalue weighted by Crippen LogP contribution is -2.48. The average Bonchev–Trinajstić information content (AvgIpc) is 2.80. The lowest BCUT2D eigenvalue weighted by atomic mass is 9.81. The fraction of sp³-hybridized carbons (Fsp3) is 0.176. The van der Waals surface area contributed by atoms with Crippen LogP contribution in [0.1, 0.15) is 11.1 Å². The highest BCUT2D eigenvalue weighted by Crippen LogP contribution is 2.40. The number of likely N-dealkylation sites (N-methyl/N-ethyl adjacent to an activating group) is 1. The maximum Gasteiger partial charge on any atom is 0.296 e. The molecule has 0 saturated carbocycles. The lowest BCUT2D eigenvalue weighted by molar-refractivity contribution is -0.123. The van der Waals surface area contributed by atoms with Crippen LogP contribution in [0.25, 0.3) is 0 Å². The monoisotopic (exact) mass is 280 g/mol. The van der Waals surface area contributed by atoms with Gasteiger partial charge in [0.2, 0.25) is 0 Å². The first-order chi connectivity index (χ1) is 10.2. The molecule has 21 heavy (non-hydrogen) atoms. The normalized spacial score (nSPS) is 16.8. The zero-order valence-electron chi connectivity index (χ0n) is 12.0. The van der Waals surface area contributed by atoms with E-state index in [-0.39, 0.29) is 5.91 Å². The van der Waals surface area contributed by atoms with Crippen LogP contribution in [-0.2, 0) is 15.1 Å². The van der Waals surface area contributed by atoms with Crippen LogP contribution in [0.2, 0.25) is 0 Å². The molecule has 0 radical (unpaired) electrons. The van der Waals surface area contributed by atoms with Crippen molar-refractivity contribution in [3.8, 4) is 0 Å². The number of nitrogens with zero attached hydrogens (tertiary/aromatic N) is 2. The molecule has 1 heterocycles. The van der Waals surface area contributed by atoms with Crippen molar-refractivity contribution in [3.63, 3.8) is 0 Å². The average molecular weight is 280 g/mol. The smallest absolute Gasteiger partial charge is 0.296 e. The van der Waals surface area contributed by atoms with Gasteiger partial charge in [-0.25, -0.2) is 0 Å². The first-order valence-corrected chi connectivity index (χ1v) is 6.73.